The summed E-state index contributed by atoms with van der Waals surface area (Å²) in [5, 5.41) is 4.35. The van der Waals surface area contributed by atoms with Crippen molar-refractivity contribution >= 4 is 11.3 Å². The Morgan fingerprint density at radius 1 is 1.44 bits per heavy atom. The molecule has 0 spiro atoms. The summed E-state index contributed by atoms with van der Waals surface area (Å²) in [4.78, 5) is 10.6. The second kappa shape index (κ2) is 5.16. The summed E-state index contributed by atoms with van der Waals surface area (Å²) in [6.45, 7) is 1.11. The first-order chi connectivity index (χ1) is 8.86. The van der Waals surface area contributed by atoms with E-state index in [4.69, 9.17) is 4.98 Å². The smallest absolute Gasteiger partial charge is 0.142 e. The van der Waals surface area contributed by atoms with Crippen molar-refractivity contribution in [2.75, 3.05) is 13.6 Å². The molecule has 4 heteroatoms. The predicted octanol–water partition coefficient (Wildman–Crippen LogP) is 2.53. The SMILES string of the molecule is CNCC1CCc2nc(-c3ccccn3)sc2C1. The van der Waals surface area contributed by atoms with Gasteiger partial charge in [-0.25, -0.2) is 4.98 Å². The van der Waals surface area contributed by atoms with Gasteiger partial charge in [0.05, 0.1) is 11.4 Å². The highest BCUT2D eigenvalue weighted by atomic mass is 32.1. The van der Waals surface area contributed by atoms with Crippen LogP contribution in [0.5, 0.6) is 0 Å². The van der Waals surface area contributed by atoms with Crippen LogP contribution in [0.4, 0.5) is 0 Å². The zero-order valence-electron chi connectivity index (χ0n) is 10.5. The maximum absolute atomic E-state index is 4.75. The van der Waals surface area contributed by atoms with Gasteiger partial charge in [-0.3, -0.25) is 4.98 Å². The molecule has 2 heterocycles. The molecule has 1 aliphatic carbocycles. The van der Waals surface area contributed by atoms with E-state index in [-0.39, 0.29) is 0 Å². The molecule has 2 aromatic rings. The number of nitrogens with zero attached hydrogens (tertiary/aromatic N) is 2. The van der Waals surface area contributed by atoms with E-state index in [9.17, 15) is 0 Å². The van der Waals surface area contributed by atoms with E-state index in [1.165, 1.54) is 23.4 Å². The predicted molar refractivity (Wildman–Crippen MR) is 74.8 cm³/mol. The van der Waals surface area contributed by atoms with Crippen LogP contribution in [0.1, 0.15) is 17.0 Å². The van der Waals surface area contributed by atoms with Crippen molar-refractivity contribution in [1.29, 1.82) is 0 Å². The van der Waals surface area contributed by atoms with E-state index in [2.05, 4.69) is 10.3 Å². The summed E-state index contributed by atoms with van der Waals surface area (Å²) in [6, 6.07) is 6.00. The van der Waals surface area contributed by atoms with Gasteiger partial charge in [0.2, 0.25) is 0 Å². The number of hydrogen-bond acceptors (Lipinski definition) is 4. The van der Waals surface area contributed by atoms with E-state index in [1.54, 1.807) is 0 Å². The van der Waals surface area contributed by atoms with Crippen molar-refractivity contribution in [3.05, 3.63) is 35.0 Å². The molecule has 0 radical (unpaired) electrons. The average Bonchev–Trinajstić information content (AvgIpc) is 2.83. The average molecular weight is 259 g/mol. The molecular weight excluding hydrogens is 242 g/mol. The van der Waals surface area contributed by atoms with Gasteiger partial charge < -0.3 is 5.32 Å². The summed E-state index contributed by atoms with van der Waals surface area (Å²) >= 11 is 1.82. The fourth-order valence-corrected chi connectivity index (χ4v) is 3.70. The van der Waals surface area contributed by atoms with E-state index in [1.807, 2.05) is 42.8 Å². The molecule has 18 heavy (non-hydrogen) atoms. The van der Waals surface area contributed by atoms with E-state index < -0.39 is 0 Å². The minimum absolute atomic E-state index is 0.763. The van der Waals surface area contributed by atoms with Gasteiger partial charge >= 0.3 is 0 Å². The van der Waals surface area contributed by atoms with Crippen LogP contribution in [0.2, 0.25) is 0 Å². The lowest BCUT2D eigenvalue weighted by atomic mass is 9.91. The Kier molecular flexibility index (Phi) is 3.39. The summed E-state index contributed by atoms with van der Waals surface area (Å²) in [6.07, 6.45) is 5.37. The molecule has 0 aliphatic heterocycles. The number of fused-ring (bicyclic) bond motifs is 1. The first kappa shape index (κ1) is 11.8. The number of hydrogen-bond donors (Lipinski definition) is 1. The van der Waals surface area contributed by atoms with Crippen LogP contribution in [0.3, 0.4) is 0 Å². The Morgan fingerprint density at radius 2 is 2.39 bits per heavy atom. The Hall–Kier alpha value is -1.26. The number of thiazole rings is 1. The van der Waals surface area contributed by atoms with Crippen LogP contribution >= 0.6 is 11.3 Å². The molecule has 0 aromatic carbocycles. The van der Waals surface area contributed by atoms with Crippen LogP contribution in [0.25, 0.3) is 10.7 Å². The maximum atomic E-state index is 4.75. The Bertz CT molecular complexity index is 521. The van der Waals surface area contributed by atoms with Gasteiger partial charge in [-0.2, -0.15) is 0 Å². The van der Waals surface area contributed by atoms with Gasteiger partial charge in [-0.1, -0.05) is 6.07 Å². The molecule has 0 bridgehead atoms. The highest BCUT2D eigenvalue weighted by molar-refractivity contribution is 7.15. The molecule has 1 aliphatic rings. The van der Waals surface area contributed by atoms with Crippen LogP contribution in [-0.2, 0) is 12.8 Å². The maximum Gasteiger partial charge on any atom is 0.142 e. The topological polar surface area (TPSA) is 37.8 Å². The number of aryl methyl sites for hydroxylation is 1. The van der Waals surface area contributed by atoms with Crippen LogP contribution < -0.4 is 5.32 Å². The molecule has 1 atom stereocenters. The van der Waals surface area contributed by atoms with Crippen LogP contribution in [-0.4, -0.2) is 23.6 Å². The normalized spacial score (nSPS) is 18.6. The molecule has 0 fully saturated rings. The quantitative estimate of drug-likeness (QED) is 0.920. The second-order valence-corrected chi connectivity index (χ2v) is 5.85. The fraction of sp³-hybridized carbons (Fsp3) is 0.429. The molecule has 94 valence electrons. The fourth-order valence-electron chi connectivity index (χ4n) is 2.50. The van der Waals surface area contributed by atoms with Gasteiger partial charge in [-0.15, -0.1) is 11.3 Å². The highest BCUT2D eigenvalue weighted by Crippen LogP contribution is 2.33. The summed E-state index contributed by atoms with van der Waals surface area (Å²) < 4.78 is 0. The monoisotopic (exact) mass is 259 g/mol. The molecule has 0 saturated carbocycles. The van der Waals surface area contributed by atoms with Gasteiger partial charge in [0.15, 0.2) is 0 Å². The highest BCUT2D eigenvalue weighted by Gasteiger charge is 2.22. The Morgan fingerprint density at radius 3 is 3.17 bits per heavy atom. The van der Waals surface area contributed by atoms with Crippen LogP contribution in [0, 0.1) is 5.92 Å². The molecular formula is C14H17N3S. The molecule has 1 N–H and O–H groups in total. The Balaban J connectivity index is 1.85. The summed E-state index contributed by atoms with van der Waals surface area (Å²) in [5.41, 5.74) is 2.30. The van der Waals surface area contributed by atoms with Crippen molar-refractivity contribution in [3.63, 3.8) is 0 Å². The van der Waals surface area contributed by atoms with Crippen molar-refractivity contribution in [1.82, 2.24) is 15.3 Å². The largest absolute Gasteiger partial charge is 0.319 e. The lowest BCUT2D eigenvalue weighted by Gasteiger charge is -2.20. The lowest BCUT2D eigenvalue weighted by Crippen LogP contribution is -2.24. The number of nitrogens with one attached hydrogen (secondary N) is 1. The number of aromatic nitrogens is 2. The number of rotatable bonds is 3. The van der Waals surface area contributed by atoms with Gasteiger partial charge in [0, 0.05) is 11.1 Å². The molecule has 0 saturated heterocycles. The first-order valence-corrected chi connectivity index (χ1v) is 7.23. The Labute approximate surface area is 111 Å². The van der Waals surface area contributed by atoms with Crippen molar-refractivity contribution < 1.29 is 0 Å². The van der Waals surface area contributed by atoms with Crippen molar-refractivity contribution in [2.45, 2.75) is 19.3 Å². The van der Waals surface area contributed by atoms with Gasteiger partial charge in [0.25, 0.3) is 0 Å². The van der Waals surface area contributed by atoms with Gasteiger partial charge in [0.1, 0.15) is 5.01 Å². The van der Waals surface area contributed by atoms with Gasteiger partial charge in [-0.05, 0) is 50.9 Å². The summed E-state index contributed by atoms with van der Waals surface area (Å²) in [7, 11) is 2.03. The third kappa shape index (κ3) is 2.31. The van der Waals surface area contributed by atoms with Crippen molar-refractivity contribution in [2.24, 2.45) is 5.92 Å². The second-order valence-electron chi connectivity index (χ2n) is 4.77. The third-order valence-corrected chi connectivity index (χ3v) is 4.56. The lowest BCUT2D eigenvalue weighted by molar-refractivity contribution is 0.441. The zero-order valence-corrected chi connectivity index (χ0v) is 11.3. The molecule has 2 aromatic heterocycles. The van der Waals surface area contributed by atoms with E-state index >= 15 is 0 Å². The minimum Gasteiger partial charge on any atom is -0.319 e. The first-order valence-electron chi connectivity index (χ1n) is 6.41. The molecule has 3 nitrogen and oxygen atoms in total. The zero-order chi connectivity index (χ0) is 12.4. The number of pyridine rings is 1. The standard InChI is InChI=1S/C14H17N3S/c1-15-9-10-5-6-11-13(8-10)18-14(17-11)12-4-2-3-7-16-12/h2-4,7,10,15H,5-6,8-9H2,1H3. The van der Waals surface area contributed by atoms with Crippen LogP contribution in [0.15, 0.2) is 24.4 Å². The molecule has 3 rings (SSSR count). The molecule has 1 unspecified atom stereocenters. The minimum atomic E-state index is 0.763. The molecule has 0 amide bonds. The van der Waals surface area contributed by atoms with E-state index in [0.29, 0.717) is 0 Å². The van der Waals surface area contributed by atoms with E-state index in [0.717, 1.165) is 29.6 Å². The third-order valence-electron chi connectivity index (χ3n) is 3.42. The summed E-state index contributed by atoms with van der Waals surface area (Å²) in [5.74, 6) is 0.763. The van der Waals surface area contributed by atoms with Crippen molar-refractivity contribution in [3.8, 4) is 10.7 Å².